The summed E-state index contributed by atoms with van der Waals surface area (Å²) >= 11 is 1.24. The highest BCUT2D eigenvalue weighted by molar-refractivity contribution is 7.09. The van der Waals surface area contributed by atoms with Crippen LogP contribution in [-0.4, -0.2) is 40.6 Å². The quantitative estimate of drug-likeness (QED) is 0.758. The normalized spacial score (nSPS) is 11.9. The van der Waals surface area contributed by atoms with E-state index < -0.39 is 5.97 Å². The van der Waals surface area contributed by atoms with E-state index in [2.05, 4.69) is 17.2 Å². The highest BCUT2D eigenvalue weighted by Crippen LogP contribution is 2.18. The Kier molecular flexibility index (Phi) is 6.44. The summed E-state index contributed by atoms with van der Waals surface area (Å²) < 4.78 is 0. The maximum absolute atomic E-state index is 11.9. The van der Waals surface area contributed by atoms with Crippen LogP contribution in [0.4, 0.5) is 4.79 Å². The molecule has 2 amide bonds. The SMILES string of the molecule is CCCCCN(C)C(=O)NC(C)c1nc(C(=O)O)cs1. The van der Waals surface area contributed by atoms with Crippen LogP contribution in [0.25, 0.3) is 0 Å². The minimum absolute atomic E-state index is 0.0161. The Balaban J connectivity index is 2.49. The van der Waals surface area contributed by atoms with Crippen molar-refractivity contribution < 1.29 is 14.7 Å². The molecule has 1 aromatic heterocycles. The second-order valence-corrected chi connectivity index (χ2v) is 5.57. The molecule has 0 saturated heterocycles. The van der Waals surface area contributed by atoms with Gasteiger partial charge in [0.25, 0.3) is 0 Å². The van der Waals surface area contributed by atoms with E-state index in [1.54, 1.807) is 18.9 Å². The van der Waals surface area contributed by atoms with E-state index in [-0.39, 0.29) is 17.8 Å². The van der Waals surface area contributed by atoms with Gasteiger partial charge in [-0.2, -0.15) is 0 Å². The van der Waals surface area contributed by atoms with Crippen LogP contribution in [0, 0.1) is 0 Å². The number of carboxylic acid groups (broad SMARTS) is 1. The van der Waals surface area contributed by atoms with E-state index in [0.29, 0.717) is 11.6 Å². The van der Waals surface area contributed by atoms with Gasteiger partial charge in [-0.05, 0) is 13.3 Å². The van der Waals surface area contributed by atoms with E-state index in [1.165, 1.54) is 16.7 Å². The second kappa shape index (κ2) is 7.84. The molecule has 0 spiro atoms. The fourth-order valence-electron chi connectivity index (χ4n) is 1.64. The molecule has 0 aliphatic rings. The van der Waals surface area contributed by atoms with Gasteiger partial charge in [0.2, 0.25) is 0 Å². The zero-order chi connectivity index (χ0) is 15.1. The molecule has 1 rings (SSSR count). The summed E-state index contributed by atoms with van der Waals surface area (Å²) in [6, 6.07) is -0.463. The van der Waals surface area contributed by atoms with Gasteiger partial charge in [-0.15, -0.1) is 11.3 Å². The summed E-state index contributed by atoms with van der Waals surface area (Å²) in [5, 5.41) is 13.7. The molecule has 0 radical (unpaired) electrons. The van der Waals surface area contributed by atoms with Gasteiger partial charge >= 0.3 is 12.0 Å². The van der Waals surface area contributed by atoms with Crippen molar-refractivity contribution in [3.63, 3.8) is 0 Å². The maximum atomic E-state index is 11.9. The van der Waals surface area contributed by atoms with Crippen molar-refractivity contribution in [2.24, 2.45) is 0 Å². The number of carbonyl (C=O) groups is 2. The number of nitrogens with one attached hydrogen (secondary N) is 1. The molecule has 0 saturated carbocycles. The molecule has 0 aliphatic heterocycles. The lowest BCUT2D eigenvalue weighted by molar-refractivity contribution is 0.0691. The molecule has 20 heavy (non-hydrogen) atoms. The lowest BCUT2D eigenvalue weighted by atomic mass is 10.2. The first-order valence-corrected chi connectivity index (χ1v) is 7.54. The van der Waals surface area contributed by atoms with Crippen molar-refractivity contribution in [2.45, 2.75) is 39.2 Å². The third-order valence-electron chi connectivity index (χ3n) is 2.90. The maximum Gasteiger partial charge on any atom is 0.355 e. The third kappa shape index (κ3) is 4.80. The van der Waals surface area contributed by atoms with Gasteiger partial charge in [0.05, 0.1) is 6.04 Å². The number of amides is 2. The Bertz CT molecular complexity index is 461. The molecule has 1 unspecified atom stereocenters. The predicted molar refractivity (Wildman–Crippen MR) is 78.2 cm³/mol. The van der Waals surface area contributed by atoms with Crippen LogP contribution in [-0.2, 0) is 0 Å². The first-order valence-electron chi connectivity index (χ1n) is 6.66. The zero-order valence-corrected chi connectivity index (χ0v) is 12.9. The Morgan fingerprint density at radius 1 is 1.50 bits per heavy atom. The van der Waals surface area contributed by atoms with Gasteiger partial charge in [0, 0.05) is 19.0 Å². The second-order valence-electron chi connectivity index (χ2n) is 4.68. The number of carboxylic acids is 1. The summed E-state index contributed by atoms with van der Waals surface area (Å²) in [4.78, 5) is 28.3. The molecule has 1 atom stereocenters. The van der Waals surface area contributed by atoms with E-state index in [0.717, 1.165) is 19.3 Å². The number of hydrogen-bond donors (Lipinski definition) is 2. The third-order valence-corrected chi connectivity index (χ3v) is 3.92. The Hall–Kier alpha value is -1.63. The predicted octanol–water partition coefficient (Wildman–Crippen LogP) is 2.73. The lowest BCUT2D eigenvalue weighted by Gasteiger charge is -2.20. The number of carbonyl (C=O) groups excluding carboxylic acids is 1. The Labute approximate surface area is 122 Å². The molecule has 7 heteroatoms. The van der Waals surface area contributed by atoms with Crippen molar-refractivity contribution in [1.29, 1.82) is 0 Å². The fourth-order valence-corrected chi connectivity index (χ4v) is 2.44. The van der Waals surface area contributed by atoms with Crippen LogP contribution >= 0.6 is 11.3 Å². The molecule has 1 heterocycles. The monoisotopic (exact) mass is 299 g/mol. The van der Waals surface area contributed by atoms with Gasteiger partial charge in [-0.1, -0.05) is 19.8 Å². The van der Waals surface area contributed by atoms with Gasteiger partial charge in [-0.25, -0.2) is 14.6 Å². The average molecular weight is 299 g/mol. The highest BCUT2D eigenvalue weighted by atomic mass is 32.1. The number of rotatable bonds is 7. The lowest BCUT2D eigenvalue weighted by Crippen LogP contribution is -2.39. The summed E-state index contributed by atoms with van der Waals surface area (Å²) in [5.74, 6) is -1.05. The van der Waals surface area contributed by atoms with Gasteiger partial charge in [0.1, 0.15) is 5.01 Å². The standard InChI is InChI=1S/C13H21N3O3S/c1-4-5-6-7-16(3)13(19)14-9(2)11-15-10(8-20-11)12(17)18/h8-9H,4-7H2,1-3H3,(H,14,19)(H,17,18). The van der Waals surface area contributed by atoms with Crippen LogP contribution in [0.3, 0.4) is 0 Å². The van der Waals surface area contributed by atoms with Crippen LogP contribution < -0.4 is 5.32 Å². The van der Waals surface area contributed by atoms with Crippen LogP contribution in [0.15, 0.2) is 5.38 Å². The van der Waals surface area contributed by atoms with Crippen molar-refractivity contribution in [1.82, 2.24) is 15.2 Å². The largest absolute Gasteiger partial charge is 0.476 e. The van der Waals surface area contributed by atoms with Crippen molar-refractivity contribution >= 4 is 23.3 Å². The number of unbranched alkanes of at least 4 members (excludes halogenated alkanes) is 2. The smallest absolute Gasteiger partial charge is 0.355 e. The Morgan fingerprint density at radius 2 is 2.20 bits per heavy atom. The number of nitrogens with zero attached hydrogens (tertiary/aromatic N) is 2. The first kappa shape index (κ1) is 16.4. The fraction of sp³-hybridized carbons (Fsp3) is 0.615. The number of thiazole rings is 1. The van der Waals surface area contributed by atoms with Crippen LogP contribution in [0.5, 0.6) is 0 Å². The highest BCUT2D eigenvalue weighted by Gasteiger charge is 2.17. The first-order chi connectivity index (χ1) is 9.45. The molecule has 0 bridgehead atoms. The van der Waals surface area contributed by atoms with E-state index in [4.69, 9.17) is 5.11 Å². The van der Waals surface area contributed by atoms with Crippen molar-refractivity contribution in [2.75, 3.05) is 13.6 Å². The van der Waals surface area contributed by atoms with E-state index >= 15 is 0 Å². The van der Waals surface area contributed by atoms with Gasteiger partial charge in [-0.3, -0.25) is 0 Å². The summed E-state index contributed by atoms with van der Waals surface area (Å²) in [7, 11) is 1.75. The molecule has 1 aromatic rings. The molecule has 0 fully saturated rings. The molecule has 112 valence electrons. The van der Waals surface area contributed by atoms with E-state index in [9.17, 15) is 9.59 Å². The topological polar surface area (TPSA) is 82.5 Å². The van der Waals surface area contributed by atoms with Crippen LogP contribution in [0.1, 0.15) is 54.6 Å². The molecule has 0 aliphatic carbocycles. The van der Waals surface area contributed by atoms with Crippen molar-refractivity contribution in [3.05, 3.63) is 16.1 Å². The molecular formula is C13H21N3O3S. The average Bonchev–Trinajstić information content (AvgIpc) is 2.88. The van der Waals surface area contributed by atoms with Gasteiger partial charge < -0.3 is 15.3 Å². The number of aromatic nitrogens is 1. The minimum Gasteiger partial charge on any atom is -0.476 e. The van der Waals surface area contributed by atoms with Crippen LogP contribution in [0.2, 0.25) is 0 Å². The molecule has 2 N–H and O–H groups in total. The minimum atomic E-state index is -1.05. The summed E-state index contributed by atoms with van der Waals surface area (Å²) in [6.45, 7) is 4.62. The van der Waals surface area contributed by atoms with Crippen molar-refractivity contribution in [3.8, 4) is 0 Å². The van der Waals surface area contributed by atoms with E-state index in [1.807, 2.05) is 0 Å². The number of aromatic carboxylic acids is 1. The molecule has 6 nitrogen and oxygen atoms in total. The number of hydrogen-bond acceptors (Lipinski definition) is 4. The molecule has 0 aromatic carbocycles. The molecular weight excluding hydrogens is 278 g/mol. The number of urea groups is 1. The zero-order valence-electron chi connectivity index (χ0n) is 12.0. The summed E-state index contributed by atoms with van der Waals surface area (Å²) in [5.41, 5.74) is 0.0161. The van der Waals surface area contributed by atoms with Gasteiger partial charge in [0.15, 0.2) is 5.69 Å². The Morgan fingerprint density at radius 3 is 2.75 bits per heavy atom. The summed E-state index contributed by atoms with van der Waals surface area (Å²) in [6.07, 6.45) is 3.19.